The van der Waals surface area contributed by atoms with E-state index in [0.717, 1.165) is 31.5 Å². The van der Waals surface area contributed by atoms with Crippen LogP contribution < -0.4 is 5.73 Å². The Balaban J connectivity index is 2.23. The third-order valence-electron chi connectivity index (χ3n) is 3.06. The lowest BCUT2D eigenvalue weighted by molar-refractivity contribution is 0.301. The third-order valence-corrected chi connectivity index (χ3v) is 3.06. The van der Waals surface area contributed by atoms with E-state index in [1.807, 2.05) is 0 Å². The molecule has 0 aromatic heterocycles. The Morgan fingerprint density at radius 1 is 1.64 bits per heavy atom. The molecular formula is C10H21N3O. The van der Waals surface area contributed by atoms with Crippen molar-refractivity contribution in [2.24, 2.45) is 22.7 Å². The van der Waals surface area contributed by atoms with E-state index in [1.54, 1.807) is 0 Å². The molecule has 1 aliphatic heterocycles. The first-order valence-corrected chi connectivity index (χ1v) is 5.32. The first-order chi connectivity index (χ1) is 6.63. The van der Waals surface area contributed by atoms with Gasteiger partial charge in [-0.25, -0.2) is 0 Å². The Labute approximate surface area is 85.8 Å². The second-order valence-corrected chi connectivity index (χ2v) is 4.43. The molecule has 0 bridgehead atoms. The molecule has 1 heterocycles. The number of amidine groups is 1. The maximum absolute atomic E-state index is 8.39. The molecule has 1 unspecified atom stereocenters. The second kappa shape index (κ2) is 5.20. The van der Waals surface area contributed by atoms with Crippen LogP contribution in [0.25, 0.3) is 0 Å². The first kappa shape index (κ1) is 11.3. The van der Waals surface area contributed by atoms with Gasteiger partial charge in [0.2, 0.25) is 0 Å². The second-order valence-electron chi connectivity index (χ2n) is 4.43. The van der Waals surface area contributed by atoms with Gasteiger partial charge in [0.05, 0.1) is 0 Å². The van der Waals surface area contributed by atoms with Crippen molar-refractivity contribution in [2.45, 2.75) is 26.7 Å². The topological polar surface area (TPSA) is 61.8 Å². The summed E-state index contributed by atoms with van der Waals surface area (Å²) in [5.41, 5.74) is 5.42. The minimum Gasteiger partial charge on any atom is -0.409 e. The lowest BCUT2D eigenvalue weighted by Crippen LogP contribution is -2.27. The highest BCUT2D eigenvalue weighted by molar-refractivity contribution is 5.79. The van der Waals surface area contributed by atoms with E-state index < -0.39 is 0 Å². The molecule has 4 heteroatoms. The number of nitrogens with two attached hydrogens (primary N) is 1. The lowest BCUT2D eigenvalue weighted by Gasteiger charge is -2.17. The summed E-state index contributed by atoms with van der Waals surface area (Å²) in [4.78, 5) is 2.39. The number of oxime groups is 1. The van der Waals surface area contributed by atoms with Crippen molar-refractivity contribution in [3.8, 4) is 0 Å². The maximum atomic E-state index is 8.39. The largest absolute Gasteiger partial charge is 0.409 e. The molecule has 14 heavy (non-hydrogen) atoms. The number of hydrogen-bond acceptors (Lipinski definition) is 3. The summed E-state index contributed by atoms with van der Waals surface area (Å²) in [6.45, 7) is 7.78. The van der Waals surface area contributed by atoms with Gasteiger partial charge >= 0.3 is 0 Å². The van der Waals surface area contributed by atoms with E-state index >= 15 is 0 Å². The van der Waals surface area contributed by atoms with E-state index in [1.165, 1.54) is 6.42 Å². The zero-order valence-electron chi connectivity index (χ0n) is 9.11. The van der Waals surface area contributed by atoms with Crippen LogP contribution in [0.15, 0.2) is 5.16 Å². The highest BCUT2D eigenvalue weighted by Crippen LogP contribution is 2.23. The molecule has 0 amide bonds. The molecule has 0 aliphatic carbocycles. The molecule has 3 N–H and O–H groups in total. The van der Waals surface area contributed by atoms with Crippen molar-refractivity contribution in [1.82, 2.24) is 4.90 Å². The molecular weight excluding hydrogens is 178 g/mol. The average molecular weight is 199 g/mol. The predicted molar refractivity (Wildman–Crippen MR) is 57.4 cm³/mol. The van der Waals surface area contributed by atoms with Crippen LogP contribution in [0.2, 0.25) is 0 Å². The van der Waals surface area contributed by atoms with Crippen LogP contribution in [-0.4, -0.2) is 35.6 Å². The van der Waals surface area contributed by atoms with Crippen LogP contribution in [0.3, 0.4) is 0 Å². The minimum atomic E-state index is 0.331. The van der Waals surface area contributed by atoms with E-state index in [-0.39, 0.29) is 0 Å². The molecule has 0 spiro atoms. The number of hydrogen-bond donors (Lipinski definition) is 2. The number of nitrogens with zero attached hydrogens (tertiary/aromatic N) is 2. The minimum absolute atomic E-state index is 0.331. The Kier molecular flexibility index (Phi) is 4.20. The Hall–Kier alpha value is -0.770. The van der Waals surface area contributed by atoms with Gasteiger partial charge in [-0.2, -0.15) is 0 Å². The van der Waals surface area contributed by atoms with E-state index in [0.29, 0.717) is 12.3 Å². The number of rotatable bonds is 4. The molecule has 1 saturated heterocycles. The fourth-order valence-corrected chi connectivity index (χ4v) is 1.93. The van der Waals surface area contributed by atoms with E-state index in [2.05, 4.69) is 23.9 Å². The molecule has 0 aromatic carbocycles. The summed E-state index contributed by atoms with van der Waals surface area (Å²) in [7, 11) is 0. The van der Waals surface area contributed by atoms with Crippen LogP contribution in [-0.2, 0) is 0 Å². The average Bonchev–Trinajstić information content (AvgIpc) is 2.62. The molecule has 4 nitrogen and oxygen atoms in total. The van der Waals surface area contributed by atoms with Crippen LogP contribution in [0.4, 0.5) is 0 Å². The quantitative estimate of drug-likeness (QED) is 0.308. The summed E-state index contributed by atoms with van der Waals surface area (Å²) in [6.07, 6.45) is 1.95. The van der Waals surface area contributed by atoms with Gasteiger partial charge in [-0.15, -0.1) is 0 Å². The fraction of sp³-hybridized carbons (Fsp3) is 0.900. The Morgan fingerprint density at radius 2 is 2.36 bits per heavy atom. The summed E-state index contributed by atoms with van der Waals surface area (Å²) >= 11 is 0. The highest BCUT2D eigenvalue weighted by Gasteiger charge is 2.24. The molecule has 1 rings (SSSR count). The molecule has 0 radical (unpaired) electrons. The normalized spacial score (nSPS) is 24.8. The fourth-order valence-electron chi connectivity index (χ4n) is 1.93. The predicted octanol–water partition coefficient (Wildman–Crippen LogP) is 1.10. The van der Waals surface area contributed by atoms with Crippen LogP contribution in [0, 0.1) is 11.8 Å². The van der Waals surface area contributed by atoms with Gasteiger partial charge in [-0.3, -0.25) is 0 Å². The molecule has 1 fully saturated rings. The van der Waals surface area contributed by atoms with Crippen molar-refractivity contribution in [1.29, 1.82) is 0 Å². The van der Waals surface area contributed by atoms with Crippen molar-refractivity contribution >= 4 is 5.84 Å². The van der Waals surface area contributed by atoms with Gasteiger partial charge in [-0.05, 0) is 24.8 Å². The highest BCUT2D eigenvalue weighted by atomic mass is 16.4. The lowest BCUT2D eigenvalue weighted by atomic mass is 9.95. The first-order valence-electron chi connectivity index (χ1n) is 5.32. The Bertz CT molecular complexity index is 204. The standard InChI is InChI=1S/C10H21N3O/c1-8(2)9-3-5-13(7-9)6-4-10(11)12-14/h8-9,14H,3-7H2,1-2H3,(H2,11,12). The molecule has 0 aromatic rings. The monoisotopic (exact) mass is 199 g/mol. The van der Waals surface area contributed by atoms with Gasteiger partial charge in [0, 0.05) is 19.5 Å². The zero-order chi connectivity index (χ0) is 10.6. The molecule has 1 aliphatic rings. The van der Waals surface area contributed by atoms with Crippen molar-refractivity contribution in [2.75, 3.05) is 19.6 Å². The van der Waals surface area contributed by atoms with Gasteiger partial charge in [0.15, 0.2) is 0 Å². The van der Waals surface area contributed by atoms with E-state index in [4.69, 9.17) is 10.9 Å². The van der Waals surface area contributed by atoms with Gasteiger partial charge in [-0.1, -0.05) is 19.0 Å². The van der Waals surface area contributed by atoms with E-state index in [9.17, 15) is 0 Å². The molecule has 0 saturated carbocycles. The van der Waals surface area contributed by atoms with Crippen LogP contribution >= 0.6 is 0 Å². The summed E-state index contributed by atoms with van der Waals surface area (Å²) < 4.78 is 0. The van der Waals surface area contributed by atoms with Crippen LogP contribution in [0.1, 0.15) is 26.7 Å². The molecule has 1 atom stereocenters. The zero-order valence-corrected chi connectivity index (χ0v) is 9.11. The van der Waals surface area contributed by atoms with Gasteiger partial charge < -0.3 is 15.8 Å². The van der Waals surface area contributed by atoms with Crippen LogP contribution in [0.5, 0.6) is 0 Å². The van der Waals surface area contributed by atoms with Gasteiger partial charge in [0.1, 0.15) is 5.84 Å². The number of likely N-dealkylation sites (tertiary alicyclic amines) is 1. The summed E-state index contributed by atoms with van der Waals surface area (Å²) in [6, 6.07) is 0. The third kappa shape index (κ3) is 3.18. The smallest absolute Gasteiger partial charge is 0.140 e. The Morgan fingerprint density at radius 3 is 2.86 bits per heavy atom. The maximum Gasteiger partial charge on any atom is 0.140 e. The SMILES string of the molecule is CC(C)C1CCN(CCC(N)=NO)C1. The van der Waals surface area contributed by atoms with Crippen molar-refractivity contribution in [3.63, 3.8) is 0 Å². The van der Waals surface area contributed by atoms with Crippen molar-refractivity contribution < 1.29 is 5.21 Å². The summed E-state index contributed by atoms with van der Waals surface area (Å²) in [5.74, 6) is 1.92. The van der Waals surface area contributed by atoms with Gasteiger partial charge in [0.25, 0.3) is 0 Å². The molecule has 82 valence electrons. The van der Waals surface area contributed by atoms with Crippen molar-refractivity contribution in [3.05, 3.63) is 0 Å². The summed E-state index contributed by atoms with van der Waals surface area (Å²) in [5, 5.41) is 11.4.